The number of hydrogen-bond acceptors (Lipinski definition) is 3. The largest absolute Gasteiger partial charge is 0.481 e. The van der Waals surface area contributed by atoms with Crippen molar-refractivity contribution in [3.8, 4) is 0 Å². The molecular formula is C11H17NO4. The highest BCUT2D eigenvalue weighted by atomic mass is 16.5. The van der Waals surface area contributed by atoms with Crippen molar-refractivity contribution in [1.82, 2.24) is 4.90 Å². The number of hydrogen-bond donors (Lipinski definition) is 1. The number of carboxylic acid groups (broad SMARTS) is 1. The summed E-state index contributed by atoms with van der Waals surface area (Å²) in [4.78, 5) is 24.9. The summed E-state index contributed by atoms with van der Waals surface area (Å²) in [6.45, 7) is 2.33. The van der Waals surface area contributed by atoms with Crippen LogP contribution in [0.4, 0.5) is 0 Å². The second-order valence-corrected chi connectivity index (χ2v) is 4.42. The summed E-state index contributed by atoms with van der Waals surface area (Å²) in [5.41, 5.74) is 0. The Balaban J connectivity index is 1.99. The summed E-state index contributed by atoms with van der Waals surface area (Å²) in [5.74, 6) is -1.61. The van der Waals surface area contributed by atoms with E-state index in [9.17, 15) is 9.59 Å². The zero-order valence-electron chi connectivity index (χ0n) is 9.22. The number of carbonyl (C=O) groups is 2. The second kappa shape index (κ2) is 4.82. The molecule has 2 rings (SSSR count). The van der Waals surface area contributed by atoms with Crippen molar-refractivity contribution < 1.29 is 19.4 Å². The monoisotopic (exact) mass is 227 g/mol. The van der Waals surface area contributed by atoms with Crippen LogP contribution < -0.4 is 0 Å². The lowest BCUT2D eigenvalue weighted by Gasteiger charge is -2.30. The minimum Gasteiger partial charge on any atom is -0.481 e. The molecule has 2 aliphatic rings. The Hall–Kier alpha value is -1.10. The van der Waals surface area contributed by atoms with E-state index in [4.69, 9.17) is 9.84 Å². The van der Waals surface area contributed by atoms with Gasteiger partial charge in [-0.15, -0.1) is 0 Å². The molecule has 0 aromatic heterocycles. The Bertz CT molecular complexity index is 286. The van der Waals surface area contributed by atoms with Gasteiger partial charge in [-0.1, -0.05) is 6.42 Å². The Labute approximate surface area is 94.4 Å². The minimum absolute atomic E-state index is 0.00759. The maximum atomic E-state index is 12.1. The molecule has 0 aromatic rings. The summed E-state index contributed by atoms with van der Waals surface area (Å²) in [6, 6.07) is 0. The smallest absolute Gasteiger partial charge is 0.307 e. The van der Waals surface area contributed by atoms with Gasteiger partial charge in [0.1, 0.15) is 0 Å². The van der Waals surface area contributed by atoms with Gasteiger partial charge < -0.3 is 14.7 Å². The molecule has 1 aliphatic carbocycles. The standard InChI is InChI=1S/C11H17NO4/c13-10(12-4-6-16-7-5-12)8-2-1-3-9(8)11(14)15/h8-9H,1-7H2,(H,14,15). The van der Waals surface area contributed by atoms with Crippen LogP contribution in [0.15, 0.2) is 0 Å². The van der Waals surface area contributed by atoms with E-state index in [0.29, 0.717) is 39.1 Å². The molecule has 2 fully saturated rings. The SMILES string of the molecule is O=C(O)C1CCCC1C(=O)N1CCOCC1. The normalized spacial score (nSPS) is 30.4. The number of carboxylic acids is 1. The molecule has 1 heterocycles. The fraction of sp³-hybridized carbons (Fsp3) is 0.818. The Morgan fingerprint density at radius 1 is 1.12 bits per heavy atom. The highest BCUT2D eigenvalue weighted by molar-refractivity contribution is 5.85. The van der Waals surface area contributed by atoms with Crippen LogP contribution in [0.2, 0.25) is 0 Å². The molecule has 90 valence electrons. The van der Waals surface area contributed by atoms with Gasteiger partial charge in [0.15, 0.2) is 0 Å². The van der Waals surface area contributed by atoms with Crippen LogP contribution in [0, 0.1) is 11.8 Å². The average Bonchev–Trinajstić information content (AvgIpc) is 2.78. The molecule has 1 N–H and O–H groups in total. The first kappa shape index (κ1) is 11.4. The van der Waals surface area contributed by atoms with Crippen LogP contribution in [-0.2, 0) is 14.3 Å². The molecule has 1 saturated carbocycles. The summed E-state index contributed by atoms with van der Waals surface area (Å²) in [6.07, 6.45) is 2.20. The second-order valence-electron chi connectivity index (χ2n) is 4.42. The summed E-state index contributed by atoms with van der Waals surface area (Å²) in [7, 11) is 0. The first-order valence-electron chi connectivity index (χ1n) is 5.79. The quantitative estimate of drug-likeness (QED) is 0.739. The number of nitrogens with zero attached hydrogens (tertiary/aromatic N) is 1. The third kappa shape index (κ3) is 2.19. The van der Waals surface area contributed by atoms with Crippen molar-refractivity contribution in [3.63, 3.8) is 0 Å². The van der Waals surface area contributed by atoms with Crippen molar-refractivity contribution in [2.45, 2.75) is 19.3 Å². The van der Waals surface area contributed by atoms with E-state index in [1.165, 1.54) is 0 Å². The van der Waals surface area contributed by atoms with E-state index in [0.717, 1.165) is 6.42 Å². The van der Waals surface area contributed by atoms with E-state index in [-0.39, 0.29) is 11.8 Å². The topological polar surface area (TPSA) is 66.8 Å². The predicted molar refractivity (Wildman–Crippen MR) is 55.9 cm³/mol. The summed E-state index contributed by atoms with van der Waals surface area (Å²) < 4.78 is 5.18. The number of aliphatic carboxylic acids is 1. The average molecular weight is 227 g/mol. The lowest BCUT2D eigenvalue weighted by Crippen LogP contribution is -2.45. The third-order valence-corrected chi connectivity index (χ3v) is 3.47. The van der Waals surface area contributed by atoms with Crippen LogP contribution in [0.1, 0.15) is 19.3 Å². The van der Waals surface area contributed by atoms with E-state index in [1.54, 1.807) is 4.90 Å². The van der Waals surface area contributed by atoms with Gasteiger partial charge in [0, 0.05) is 13.1 Å². The molecule has 2 unspecified atom stereocenters. The van der Waals surface area contributed by atoms with Gasteiger partial charge in [-0.3, -0.25) is 9.59 Å². The highest BCUT2D eigenvalue weighted by Gasteiger charge is 2.39. The number of rotatable bonds is 2. The number of carbonyl (C=O) groups excluding carboxylic acids is 1. The molecule has 1 amide bonds. The van der Waals surface area contributed by atoms with Gasteiger partial charge in [-0.05, 0) is 12.8 Å². The highest BCUT2D eigenvalue weighted by Crippen LogP contribution is 2.33. The van der Waals surface area contributed by atoms with Crippen LogP contribution in [-0.4, -0.2) is 48.2 Å². The predicted octanol–water partition coefficient (Wildman–Crippen LogP) is 0.346. The summed E-state index contributed by atoms with van der Waals surface area (Å²) in [5, 5.41) is 9.04. The van der Waals surface area contributed by atoms with E-state index < -0.39 is 11.9 Å². The van der Waals surface area contributed by atoms with E-state index >= 15 is 0 Å². The molecule has 0 radical (unpaired) electrons. The van der Waals surface area contributed by atoms with Crippen molar-refractivity contribution in [1.29, 1.82) is 0 Å². The minimum atomic E-state index is -0.830. The Kier molecular flexibility index (Phi) is 3.43. The Morgan fingerprint density at radius 2 is 1.75 bits per heavy atom. The molecule has 0 bridgehead atoms. The summed E-state index contributed by atoms with van der Waals surface area (Å²) >= 11 is 0. The molecule has 5 heteroatoms. The third-order valence-electron chi connectivity index (χ3n) is 3.47. The fourth-order valence-corrected chi connectivity index (χ4v) is 2.57. The maximum absolute atomic E-state index is 12.1. The lowest BCUT2D eigenvalue weighted by molar-refractivity contribution is -0.150. The first-order chi connectivity index (χ1) is 7.70. The molecule has 5 nitrogen and oxygen atoms in total. The molecule has 1 aliphatic heterocycles. The van der Waals surface area contributed by atoms with Crippen LogP contribution in [0.25, 0.3) is 0 Å². The van der Waals surface area contributed by atoms with Gasteiger partial charge in [0.05, 0.1) is 25.0 Å². The maximum Gasteiger partial charge on any atom is 0.307 e. The van der Waals surface area contributed by atoms with Crippen LogP contribution >= 0.6 is 0 Å². The number of amides is 1. The van der Waals surface area contributed by atoms with Gasteiger partial charge >= 0.3 is 5.97 Å². The first-order valence-corrected chi connectivity index (χ1v) is 5.79. The zero-order chi connectivity index (χ0) is 11.5. The van der Waals surface area contributed by atoms with Gasteiger partial charge in [0.2, 0.25) is 5.91 Å². The Morgan fingerprint density at radius 3 is 2.38 bits per heavy atom. The van der Waals surface area contributed by atoms with Gasteiger partial charge in [-0.25, -0.2) is 0 Å². The molecule has 1 saturated heterocycles. The zero-order valence-corrected chi connectivity index (χ0v) is 9.22. The van der Waals surface area contributed by atoms with E-state index in [1.807, 2.05) is 0 Å². The fourth-order valence-electron chi connectivity index (χ4n) is 2.57. The van der Waals surface area contributed by atoms with Crippen molar-refractivity contribution >= 4 is 11.9 Å². The number of ether oxygens (including phenoxy) is 1. The lowest BCUT2D eigenvalue weighted by atomic mass is 9.94. The number of morpholine rings is 1. The molecule has 0 spiro atoms. The molecular weight excluding hydrogens is 210 g/mol. The van der Waals surface area contributed by atoms with Crippen molar-refractivity contribution in [2.75, 3.05) is 26.3 Å². The van der Waals surface area contributed by atoms with Crippen molar-refractivity contribution in [3.05, 3.63) is 0 Å². The molecule has 0 aromatic carbocycles. The van der Waals surface area contributed by atoms with Gasteiger partial charge in [-0.2, -0.15) is 0 Å². The van der Waals surface area contributed by atoms with Crippen LogP contribution in [0.5, 0.6) is 0 Å². The molecule has 2 atom stereocenters. The van der Waals surface area contributed by atoms with E-state index in [2.05, 4.69) is 0 Å². The van der Waals surface area contributed by atoms with Crippen LogP contribution in [0.3, 0.4) is 0 Å². The van der Waals surface area contributed by atoms with Gasteiger partial charge in [0.25, 0.3) is 0 Å². The molecule has 16 heavy (non-hydrogen) atoms. The van der Waals surface area contributed by atoms with Crippen molar-refractivity contribution in [2.24, 2.45) is 11.8 Å².